The molecule has 2 rings (SSSR count). The minimum Gasteiger partial charge on any atom is -0.350 e. The van der Waals surface area contributed by atoms with Crippen LogP contribution in [-0.4, -0.2) is 21.3 Å². The summed E-state index contributed by atoms with van der Waals surface area (Å²) in [7, 11) is 0. The van der Waals surface area contributed by atoms with Gasteiger partial charge in [-0.2, -0.15) is 0 Å². The molecule has 4 nitrogen and oxygen atoms in total. The smallest absolute Gasteiger partial charge is 0.255 e. The molecule has 0 aliphatic carbocycles. The number of fused-ring (bicyclic) bond motifs is 1. The van der Waals surface area contributed by atoms with Crippen LogP contribution in [0.5, 0.6) is 0 Å². The average Bonchev–Trinajstić information content (AvgIpc) is 2.63. The van der Waals surface area contributed by atoms with E-state index in [1.165, 1.54) is 0 Å². The van der Waals surface area contributed by atoms with Crippen molar-refractivity contribution in [1.29, 1.82) is 0 Å². The van der Waals surface area contributed by atoms with E-state index in [4.69, 9.17) is 0 Å². The number of hydrogen-bond acceptors (Lipinski definition) is 2. The Morgan fingerprint density at radius 3 is 3.00 bits per heavy atom. The van der Waals surface area contributed by atoms with E-state index in [1.54, 1.807) is 12.3 Å². The van der Waals surface area contributed by atoms with Gasteiger partial charge < -0.3 is 9.72 Å². The fourth-order valence-electron chi connectivity index (χ4n) is 1.47. The van der Waals surface area contributed by atoms with Gasteiger partial charge in [-0.15, -0.1) is 0 Å². The standard InChI is InChI=1S/C11H13N3O/c1-8(2)13-11(15)9-4-3-6-14-7-5-12-10(9)14/h3-8H,1-2H3,(H,13,15). The van der Waals surface area contributed by atoms with Crippen molar-refractivity contribution in [3.05, 3.63) is 36.3 Å². The summed E-state index contributed by atoms with van der Waals surface area (Å²) in [6.45, 7) is 3.87. The number of nitrogens with zero attached hydrogens (tertiary/aromatic N) is 2. The molecule has 0 radical (unpaired) electrons. The van der Waals surface area contributed by atoms with Crippen molar-refractivity contribution in [1.82, 2.24) is 14.7 Å². The molecule has 0 unspecified atom stereocenters. The maximum Gasteiger partial charge on any atom is 0.255 e. The van der Waals surface area contributed by atoms with Crippen LogP contribution in [-0.2, 0) is 0 Å². The van der Waals surface area contributed by atoms with Gasteiger partial charge in [0.15, 0.2) is 0 Å². The quantitative estimate of drug-likeness (QED) is 0.803. The van der Waals surface area contributed by atoms with Gasteiger partial charge in [0, 0.05) is 24.6 Å². The summed E-state index contributed by atoms with van der Waals surface area (Å²) in [5, 5.41) is 2.85. The van der Waals surface area contributed by atoms with Crippen molar-refractivity contribution < 1.29 is 4.79 Å². The molecule has 0 aliphatic rings. The van der Waals surface area contributed by atoms with E-state index in [9.17, 15) is 4.79 Å². The van der Waals surface area contributed by atoms with Gasteiger partial charge in [-0.05, 0) is 26.0 Å². The molecule has 15 heavy (non-hydrogen) atoms. The monoisotopic (exact) mass is 203 g/mol. The molecule has 0 bridgehead atoms. The van der Waals surface area contributed by atoms with Crippen molar-refractivity contribution in [2.45, 2.75) is 19.9 Å². The highest BCUT2D eigenvalue weighted by molar-refractivity contribution is 5.99. The zero-order valence-corrected chi connectivity index (χ0v) is 8.77. The molecule has 2 heterocycles. The Labute approximate surface area is 87.9 Å². The zero-order chi connectivity index (χ0) is 10.8. The molecule has 0 fully saturated rings. The SMILES string of the molecule is CC(C)NC(=O)c1cccn2ccnc12. The summed E-state index contributed by atoms with van der Waals surface area (Å²) in [5.74, 6) is -0.0817. The molecule has 1 amide bonds. The molecule has 1 N–H and O–H groups in total. The molecule has 0 aliphatic heterocycles. The van der Waals surface area contributed by atoms with Gasteiger partial charge >= 0.3 is 0 Å². The van der Waals surface area contributed by atoms with E-state index in [0.717, 1.165) is 0 Å². The maximum atomic E-state index is 11.8. The average molecular weight is 203 g/mol. The van der Waals surface area contributed by atoms with E-state index in [0.29, 0.717) is 11.2 Å². The van der Waals surface area contributed by atoms with Gasteiger partial charge in [0.25, 0.3) is 5.91 Å². The van der Waals surface area contributed by atoms with Crippen molar-refractivity contribution in [2.75, 3.05) is 0 Å². The lowest BCUT2D eigenvalue weighted by atomic mass is 10.2. The highest BCUT2D eigenvalue weighted by atomic mass is 16.1. The number of aromatic nitrogens is 2. The molecular formula is C11H13N3O. The Morgan fingerprint density at radius 2 is 2.27 bits per heavy atom. The summed E-state index contributed by atoms with van der Waals surface area (Å²) >= 11 is 0. The van der Waals surface area contributed by atoms with Crippen LogP contribution in [0.2, 0.25) is 0 Å². The lowest BCUT2D eigenvalue weighted by Gasteiger charge is -2.08. The van der Waals surface area contributed by atoms with Crippen LogP contribution < -0.4 is 5.32 Å². The summed E-state index contributed by atoms with van der Waals surface area (Å²) in [6, 6.07) is 3.75. The summed E-state index contributed by atoms with van der Waals surface area (Å²) in [4.78, 5) is 16.0. The number of rotatable bonds is 2. The summed E-state index contributed by atoms with van der Waals surface area (Å²) in [6.07, 6.45) is 5.37. The largest absolute Gasteiger partial charge is 0.350 e. The number of hydrogen-bond donors (Lipinski definition) is 1. The highest BCUT2D eigenvalue weighted by Gasteiger charge is 2.11. The van der Waals surface area contributed by atoms with E-state index in [1.807, 2.05) is 36.7 Å². The van der Waals surface area contributed by atoms with Crippen molar-refractivity contribution >= 4 is 11.6 Å². The number of imidazole rings is 1. The lowest BCUT2D eigenvalue weighted by molar-refractivity contribution is 0.0944. The third-order valence-electron chi connectivity index (χ3n) is 2.08. The predicted molar refractivity (Wildman–Crippen MR) is 57.8 cm³/mol. The van der Waals surface area contributed by atoms with E-state index in [2.05, 4.69) is 10.3 Å². The van der Waals surface area contributed by atoms with Crippen LogP contribution >= 0.6 is 0 Å². The van der Waals surface area contributed by atoms with Gasteiger partial charge in [0.1, 0.15) is 5.65 Å². The number of pyridine rings is 1. The van der Waals surface area contributed by atoms with E-state index >= 15 is 0 Å². The fourth-order valence-corrected chi connectivity index (χ4v) is 1.47. The van der Waals surface area contributed by atoms with Crippen LogP contribution in [0, 0.1) is 0 Å². The van der Waals surface area contributed by atoms with Gasteiger partial charge in [0.2, 0.25) is 0 Å². The first-order valence-corrected chi connectivity index (χ1v) is 4.91. The number of carbonyl (C=O) groups excluding carboxylic acids is 1. The topological polar surface area (TPSA) is 46.4 Å². The number of carbonyl (C=O) groups is 1. The van der Waals surface area contributed by atoms with Crippen LogP contribution in [0.4, 0.5) is 0 Å². The van der Waals surface area contributed by atoms with Crippen molar-refractivity contribution in [2.24, 2.45) is 0 Å². The molecule has 0 spiro atoms. The first-order valence-electron chi connectivity index (χ1n) is 4.91. The van der Waals surface area contributed by atoms with E-state index < -0.39 is 0 Å². The number of amides is 1. The second-order valence-electron chi connectivity index (χ2n) is 3.71. The van der Waals surface area contributed by atoms with Crippen molar-refractivity contribution in [3.63, 3.8) is 0 Å². The third kappa shape index (κ3) is 1.83. The molecule has 0 aromatic carbocycles. The Balaban J connectivity index is 2.42. The first-order chi connectivity index (χ1) is 7.18. The Kier molecular flexibility index (Phi) is 2.41. The van der Waals surface area contributed by atoms with Crippen LogP contribution in [0.15, 0.2) is 30.7 Å². The normalized spacial score (nSPS) is 10.9. The number of nitrogens with one attached hydrogen (secondary N) is 1. The predicted octanol–water partition coefficient (Wildman–Crippen LogP) is 1.47. The maximum absolute atomic E-state index is 11.8. The minimum atomic E-state index is -0.0817. The second kappa shape index (κ2) is 3.73. The third-order valence-corrected chi connectivity index (χ3v) is 2.08. The minimum absolute atomic E-state index is 0.0817. The summed E-state index contributed by atoms with van der Waals surface area (Å²) < 4.78 is 1.83. The van der Waals surface area contributed by atoms with Gasteiger partial charge in [-0.3, -0.25) is 4.79 Å². The van der Waals surface area contributed by atoms with Gasteiger partial charge in [-0.25, -0.2) is 4.98 Å². The zero-order valence-electron chi connectivity index (χ0n) is 8.77. The highest BCUT2D eigenvalue weighted by Crippen LogP contribution is 2.08. The second-order valence-corrected chi connectivity index (χ2v) is 3.71. The molecular weight excluding hydrogens is 190 g/mol. The molecule has 0 saturated heterocycles. The van der Waals surface area contributed by atoms with Crippen LogP contribution in [0.3, 0.4) is 0 Å². The van der Waals surface area contributed by atoms with Crippen LogP contribution in [0.25, 0.3) is 5.65 Å². The van der Waals surface area contributed by atoms with Gasteiger partial charge in [-0.1, -0.05) is 0 Å². The Morgan fingerprint density at radius 1 is 1.47 bits per heavy atom. The molecule has 2 aromatic heterocycles. The fraction of sp³-hybridized carbons (Fsp3) is 0.273. The Bertz CT molecular complexity index is 487. The van der Waals surface area contributed by atoms with Gasteiger partial charge in [0.05, 0.1) is 5.56 Å². The van der Waals surface area contributed by atoms with Crippen molar-refractivity contribution in [3.8, 4) is 0 Å². The molecule has 0 atom stereocenters. The molecule has 4 heteroatoms. The molecule has 78 valence electrons. The van der Waals surface area contributed by atoms with Crippen LogP contribution in [0.1, 0.15) is 24.2 Å². The lowest BCUT2D eigenvalue weighted by Crippen LogP contribution is -2.30. The van der Waals surface area contributed by atoms with E-state index in [-0.39, 0.29) is 11.9 Å². The Hall–Kier alpha value is -1.84. The molecule has 0 saturated carbocycles. The molecule has 2 aromatic rings. The first kappa shape index (κ1) is 9.71. The summed E-state index contributed by atoms with van der Waals surface area (Å²) in [5.41, 5.74) is 1.30.